The molecule has 3 N–H and O–H groups in total. The Morgan fingerprint density at radius 3 is 2.65 bits per heavy atom. The smallest absolute Gasteiger partial charge is 0.239 e. The SMILES string of the molecule is CCCNC(=O)C1COCCN1C(C(C)N)C(C)(C)C. The first-order chi connectivity index (χ1) is 9.29. The number of amides is 1. The van der Waals surface area contributed by atoms with E-state index in [4.69, 9.17) is 10.5 Å². The minimum Gasteiger partial charge on any atom is -0.378 e. The Hall–Kier alpha value is -0.650. The number of carbonyl (C=O) groups excluding carboxylic acids is 1. The second-order valence-corrected chi connectivity index (χ2v) is 6.79. The predicted molar refractivity (Wildman–Crippen MR) is 81.5 cm³/mol. The Labute approximate surface area is 123 Å². The molecular formula is C15H31N3O2. The Morgan fingerprint density at radius 2 is 2.15 bits per heavy atom. The number of nitrogens with two attached hydrogens (primary N) is 1. The van der Waals surface area contributed by atoms with Gasteiger partial charge in [-0.15, -0.1) is 0 Å². The molecule has 0 aromatic heterocycles. The van der Waals surface area contributed by atoms with Crippen LogP contribution in [0.5, 0.6) is 0 Å². The number of hydrogen-bond acceptors (Lipinski definition) is 4. The van der Waals surface area contributed by atoms with Gasteiger partial charge in [0, 0.05) is 25.2 Å². The third-order valence-electron chi connectivity index (χ3n) is 3.76. The average Bonchev–Trinajstić information content (AvgIpc) is 2.34. The molecule has 5 heteroatoms. The molecule has 0 aliphatic carbocycles. The summed E-state index contributed by atoms with van der Waals surface area (Å²) in [6, 6.07) is -0.0659. The van der Waals surface area contributed by atoms with Gasteiger partial charge in [0.2, 0.25) is 5.91 Å². The van der Waals surface area contributed by atoms with Gasteiger partial charge in [-0.25, -0.2) is 0 Å². The van der Waals surface area contributed by atoms with Crippen molar-refractivity contribution in [1.29, 1.82) is 0 Å². The zero-order valence-electron chi connectivity index (χ0n) is 13.6. The fourth-order valence-electron chi connectivity index (χ4n) is 3.13. The Bertz CT molecular complexity index is 313. The summed E-state index contributed by atoms with van der Waals surface area (Å²) in [6.45, 7) is 13.2. The number of hydrogen-bond donors (Lipinski definition) is 2. The first kappa shape index (κ1) is 17.4. The summed E-state index contributed by atoms with van der Waals surface area (Å²) in [6.07, 6.45) is 0.940. The van der Waals surface area contributed by atoms with Crippen molar-refractivity contribution in [2.24, 2.45) is 11.1 Å². The quantitative estimate of drug-likeness (QED) is 0.790. The van der Waals surface area contributed by atoms with Crippen molar-refractivity contribution in [2.75, 3.05) is 26.3 Å². The van der Waals surface area contributed by atoms with Gasteiger partial charge < -0.3 is 15.8 Å². The highest BCUT2D eigenvalue weighted by atomic mass is 16.5. The van der Waals surface area contributed by atoms with E-state index in [9.17, 15) is 4.79 Å². The van der Waals surface area contributed by atoms with E-state index in [2.05, 4.69) is 37.9 Å². The zero-order valence-corrected chi connectivity index (χ0v) is 13.6. The molecule has 1 fully saturated rings. The maximum atomic E-state index is 12.3. The molecule has 0 aromatic rings. The van der Waals surface area contributed by atoms with Crippen molar-refractivity contribution in [3.05, 3.63) is 0 Å². The molecule has 20 heavy (non-hydrogen) atoms. The monoisotopic (exact) mass is 285 g/mol. The number of ether oxygens (including phenoxy) is 1. The molecule has 0 saturated carbocycles. The van der Waals surface area contributed by atoms with Crippen LogP contribution < -0.4 is 11.1 Å². The van der Waals surface area contributed by atoms with E-state index in [0.717, 1.165) is 13.0 Å². The Balaban J connectivity index is 2.88. The van der Waals surface area contributed by atoms with Crippen LogP contribution in [0.1, 0.15) is 41.0 Å². The zero-order chi connectivity index (χ0) is 15.3. The van der Waals surface area contributed by atoms with Crippen molar-refractivity contribution in [3.63, 3.8) is 0 Å². The Morgan fingerprint density at radius 1 is 1.50 bits per heavy atom. The van der Waals surface area contributed by atoms with Gasteiger partial charge in [-0.2, -0.15) is 0 Å². The molecule has 0 spiro atoms. The lowest BCUT2D eigenvalue weighted by molar-refractivity contribution is -0.137. The molecular weight excluding hydrogens is 254 g/mol. The van der Waals surface area contributed by atoms with E-state index in [1.54, 1.807) is 0 Å². The minimum atomic E-state index is -0.231. The number of morpholine rings is 1. The first-order valence-electron chi connectivity index (χ1n) is 7.65. The summed E-state index contributed by atoms with van der Waals surface area (Å²) in [5.74, 6) is 0.0569. The van der Waals surface area contributed by atoms with Crippen LogP contribution in [0.3, 0.4) is 0 Å². The highest BCUT2D eigenvalue weighted by Crippen LogP contribution is 2.29. The largest absolute Gasteiger partial charge is 0.378 e. The standard InChI is InChI=1S/C15H31N3O2/c1-6-7-17-14(19)12-10-20-9-8-18(12)13(11(2)16)15(3,4)5/h11-13H,6-10,16H2,1-5H3,(H,17,19). The van der Waals surface area contributed by atoms with Gasteiger partial charge in [0.1, 0.15) is 6.04 Å². The average molecular weight is 285 g/mol. The molecule has 1 amide bonds. The molecule has 3 atom stereocenters. The van der Waals surface area contributed by atoms with E-state index < -0.39 is 0 Å². The van der Waals surface area contributed by atoms with E-state index in [0.29, 0.717) is 19.8 Å². The van der Waals surface area contributed by atoms with E-state index >= 15 is 0 Å². The first-order valence-corrected chi connectivity index (χ1v) is 7.65. The van der Waals surface area contributed by atoms with Gasteiger partial charge in [0.25, 0.3) is 0 Å². The van der Waals surface area contributed by atoms with Gasteiger partial charge in [-0.3, -0.25) is 9.69 Å². The maximum Gasteiger partial charge on any atom is 0.239 e. The molecule has 118 valence electrons. The van der Waals surface area contributed by atoms with E-state index in [1.807, 2.05) is 6.92 Å². The topological polar surface area (TPSA) is 67.6 Å². The number of carbonyl (C=O) groups is 1. The third-order valence-corrected chi connectivity index (χ3v) is 3.76. The molecule has 1 saturated heterocycles. The maximum absolute atomic E-state index is 12.3. The van der Waals surface area contributed by atoms with Crippen LogP contribution in [0.2, 0.25) is 0 Å². The van der Waals surface area contributed by atoms with Gasteiger partial charge in [0.15, 0.2) is 0 Å². The van der Waals surface area contributed by atoms with Crippen molar-refractivity contribution in [1.82, 2.24) is 10.2 Å². The van der Waals surface area contributed by atoms with Crippen LogP contribution in [0, 0.1) is 5.41 Å². The van der Waals surface area contributed by atoms with E-state index in [1.165, 1.54) is 0 Å². The molecule has 0 radical (unpaired) electrons. The van der Waals surface area contributed by atoms with Crippen LogP contribution in [0.15, 0.2) is 0 Å². The minimum absolute atomic E-state index is 0.00887. The lowest BCUT2D eigenvalue weighted by Crippen LogP contribution is -2.64. The Kier molecular flexibility index (Phi) is 6.43. The summed E-state index contributed by atoms with van der Waals surface area (Å²) in [4.78, 5) is 14.6. The van der Waals surface area contributed by atoms with Crippen molar-refractivity contribution in [3.8, 4) is 0 Å². The number of nitrogens with zero attached hydrogens (tertiary/aromatic N) is 1. The summed E-state index contributed by atoms with van der Waals surface area (Å²) < 4.78 is 5.51. The van der Waals surface area contributed by atoms with Crippen LogP contribution in [0.25, 0.3) is 0 Å². The highest BCUT2D eigenvalue weighted by Gasteiger charge is 2.40. The van der Waals surface area contributed by atoms with Crippen LogP contribution >= 0.6 is 0 Å². The van der Waals surface area contributed by atoms with Crippen LogP contribution in [-0.2, 0) is 9.53 Å². The summed E-state index contributed by atoms with van der Waals surface area (Å²) in [7, 11) is 0. The predicted octanol–water partition coefficient (Wildman–Crippen LogP) is 0.975. The van der Waals surface area contributed by atoms with Crippen LogP contribution in [0.4, 0.5) is 0 Å². The van der Waals surface area contributed by atoms with Crippen molar-refractivity contribution in [2.45, 2.75) is 59.2 Å². The molecule has 1 heterocycles. The molecule has 0 bridgehead atoms. The summed E-state index contributed by atoms with van der Waals surface area (Å²) in [5.41, 5.74) is 6.22. The van der Waals surface area contributed by atoms with Gasteiger partial charge >= 0.3 is 0 Å². The van der Waals surface area contributed by atoms with Crippen molar-refractivity contribution < 1.29 is 9.53 Å². The number of rotatable bonds is 5. The summed E-state index contributed by atoms with van der Waals surface area (Å²) in [5, 5.41) is 2.98. The molecule has 5 nitrogen and oxygen atoms in total. The second-order valence-electron chi connectivity index (χ2n) is 6.79. The van der Waals surface area contributed by atoms with Gasteiger partial charge in [-0.1, -0.05) is 27.7 Å². The fourth-order valence-corrected chi connectivity index (χ4v) is 3.13. The van der Waals surface area contributed by atoms with E-state index in [-0.39, 0.29) is 29.4 Å². The lowest BCUT2D eigenvalue weighted by atomic mass is 9.81. The lowest BCUT2D eigenvalue weighted by Gasteiger charge is -2.47. The molecule has 0 aromatic carbocycles. The molecule has 3 unspecified atom stereocenters. The third kappa shape index (κ3) is 4.43. The van der Waals surface area contributed by atoms with Gasteiger partial charge in [0.05, 0.1) is 13.2 Å². The second kappa shape index (κ2) is 7.38. The molecule has 1 aliphatic heterocycles. The van der Waals surface area contributed by atoms with Gasteiger partial charge in [-0.05, 0) is 18.8 Å². The normalized spacial score (nSPS) is 24.2. The highest BCUT2D eigenvalue weighted by molar-refractivity contribution is 5.82. The van der Waals surface area contributed by atoms with Crippen molar-refractivity contribution >= 4 is 5.91 Å². The molecule has 1 rings (SSSR count). The molecule has 1 aliphatic rings. The number of nitrogens with one attached hydrogen (secondary N) is 1. The van der Waals surface area contributed by atoms with Crippen LogP contribution in [-0.4, -0.2) is 55.2 Å². The fraction of sp³-hybridized carbons (Fsp3) is 0.933. The summed E-state index contributed by atoms with van der Waals surface area (Å²) >= 11 is 0.